The molecular weight excluding hydrogens is 246 g/mol. The minimum absolute atomic E-state index is 1.00. The molecule has 1 aliphatic rings. The second-order valence-electron chi connectivity index (χ2n) is 5.34. The summed E-state index contributed by atoms with van der Waals surface area (Å²) < 4.78 is 5.79. The van der Waals surface area contributed by atoms with Crippen molar-refractivity contribution < 1.29 is 4.42 Å². The lowest BCUT2D eigenvalue weighted by molar-refractivity contribution is 0.616. The molecule has 2 heterocycles. The van der Waals surface area contributed by atoms with Crippen LogP contribution in [0.3, 0.4) is 0 Å². The van der Waals surface area contributed by atoms with E-state index in [9.17, 15) is 0 Å². The molecule has 0 aliphatic carbocycles. The Bertz CT molecular complexity index is 743. The molecule has 2 nitrogen and oxygen atoms in total. The predicted molar refractivity (Wildman–Crippen MR) is 81.9 cm³/mol. The summed E-state index contributed by atoms with van der Waals surface area (Å²) in [5.74, 6) is 0. The van der Waals surface area contributed by atoms with Crippen molar-refractivity contribution in [1.82, 2.24) is 5.32 Å². The molecule has 3 aromatic rings. The molecule has 1 aliphatic heterocycles. The van der Waals surface area contributed by atoms with Crippen molar-refractivity contribution in [3.63, 3.8) is 0 Å². The molecule has 0 amide bonds. The first-order valence-corrected chi connectivity index (χ1v) is 7.21. The molecule has 20 heavy (non-hydrogen) atoms. The Hall–Kier alpha value is -2.06. The second kappa shape index (κ2) is 4.80. The highest BCUT2D eigenvalue weighted by Crippen LogP contribution is 2.35. The average Bonchev–Trinajstić information content (AvgIpc) is 2.79. The van der Waals surface area contributed by atoms with Gasteiger partial charge in [-0.05, 0) is 48.7 Å². The summed E-state index contributed by atoms with van der Waals surface area (Å²) in [6, 6.07) is 14.9. The number of furan rings is 1. The average molecular weight is 263 g/mol. The van der Waals surface area contributed by atoms with Crippen LogP contribution in [0.5, 0.6) is 0 Å². The van der Waals surface area contributed by atoms with Crippen molar-refractivity contribution in [1.29, 1.82) is 0 Å². The van der Waals surface area contributed by atoms with E-state index >= 15 is 0 Å². The molecule has 2 heteroatoms. The van der Waals surface area contributed by atoms with Crippen LogP contribution < -0.4 is 5.32 Å². The van der Waals surface area contributed by atoms with Crippen molar-refractivity contribution in [3.8, 4) is 11.1 Å². The lowest BCUT2D eigenvalue weighted by Gasteiger charge is -2.08. The van der Waals surface area contributed by atoms with Crippen LogP contribution in [0.1, 0.15) is 11.1 Å². The van der Waals surface area contributed by atoms with Gasteiger partial charge in [-0.15, -0.1) is 0 Å². The van der Waals surface area contributed by atoms with Gasteiger partial charge in [0.25, 0.3) is 0 Å². The molecule has 2 aromatic carbocycles. The molecule has 0 unspecified atom stereocenters. The first-order valence-electron chi connectivity index (χ1n) is 7.21. The Morgan fingerprint density at radius 2 is 1.75 bits per heavy atom. The summed E-state index contributed by atoms with van der Waals surface area (Å²) in [6.07, 6.45) is 4.08. The third-order valence-electron chi connectivity index (χ3n) is 4.15. The zero-order valence-corrected chi connectivity index (χ0v) is 11.4. The fourth-order valence-corrected chi connectivity index (χ4v) is 3.16. The predicted octanol–water partition coefficient (Wildman–Crippen LogP) is 3.79. The van der Waals surface area contributed by atoms with Gasteiger partial charge in [0.15, 0.2) is 0 Å². The molecule has 100 valence electrons. The number of rotatable bonds is 1. The maximum atomic E-state index is 5.79. The van der Waals surface area contributed by atoms with E-state index in [0.717, 1.165) is 31.5 Å². The molecule has 4 rings (SSSR count). The summed E-state index contributed by atoms with van der Waals surface area (Å²) in [4.78, 5) is 0. The summed E-state index contributed by atoms with van der Waals surface area (Å²) in [6.45, 7) is 2.11. The van der Waals surface area contributed by atoms with Gasteiger partial charge >= 0.3 is 0 Å². The van der Waals surface area contributed by atoms with Gasteiger partial charge in [-0.2, -0.15) is 0 Å². The fourth-order valence-electron chi connectivity index (χ4n) is 3.16. The third-order valence-corrected chi connectivity index (χ3v) is 4.15. The molecule has 0 saturated carbocycles. The Morgan fingerprint density at radius 1 is 0.900 bits per heavy atom. The van der Waals surface area contributed by atoms with Crippen LogP contribution in [-0.4, -0.2) is 13.1 Å². The lowest BCUT2D eigenvalue weighted by Crippen LogP contribution is -2.16. The van der Waals surface area contributed by atoms with Crippen molar-refractivity contribution >= 4 is 11.0 Å². The topological polar surface area (TPSA) is 25.2 Å². The van der Waals surface area contributed by atoms with Gasteiger partial charge in [-0.3, -0.25) is 0 Å². The number of fused-ring (bicyclic) bond motifs is 3. The zero-order valence-electron chi connectivity index (χ0n) is 11.4. The Kier molecular flexibility index (Phi) is 2.82. The molecule has 1 N–H and O–H groups in total. The van der Waals surface area contributed by atoms with Gasteiger partial charge in [-0.25, -0.2) is 0 Å². The summed E-state index contributed by atoms with van der Waals surface area (Å²) in [7, 11) is 0. The monoisotopic (exact) mass is 263 g/mol. The number of nitrogens with one attached hydrogen (secondary N) is 1. The smallest absolute Gasteiger partial charge is 0.134 e. The molecule has 0 bridgehead atoms. The van der Waals surface area contributed by atoms with Crippen LogP contribution in [0.2, 0.25) is 0 Å². The molecule has 1 aromatic heterocycles. The van der Waals surface area contributed by atoms with E-state index < -0.39 is 0 Å². The first-order chi connectivity index (χ1) is 9.93. The van der Waals surface area contributed by atoms with E-state index in [2.05, 4.69) is 47.8 Å². The van der Waals surface area contributed by atoms with Crippen LogP contribution in [0.4, 0.5) is 0 Å². The van der Waals surface area contributed by atoms with E-state index in [1.165, 1.54) is 27.6 Å². The molecule has 0 atom stereocenters. The van der Waals surface area contributed by atoms with Crippen molar-refractivity contribution in [2.75, 3.05) is 13.1 Å². The highest BCUT2D eigenvalue weighted by atomic mass is 16.3. The van der Waals surface area contributed by atoms with Crippen molar-refractivity contribution in [2.24, 2.45) is 0 Å². The number of benzene rings is 2. The maximum Gasteiger partial charge on any atom is 0.134 e. The first kappa shape index (κ1) is 11.7. The molecule has 0 spiro atoms. The fraction of sp³-hybridized carbons (Fsp3) is 0.222. The van der Waals surface area contributed by atoms with Crippen LogP contribution in [-0.2, 0) is 12.8 Å². The van der Waals surface area contributed by atoms with Gasteiger partial charge in [-0.1, -0.05) is 36.4 Å². The van der Waals surface area contributed by atoms with Gasteiger partial charge < -0.3 is 9.73 Å². The lowest BCUT2D eigenvalue weighted by atomic mass is 9.94. The molecular formula is C18H17NO. The number of hydrogen-bond acceptors (Lipinski definition) is 2. The second-order valence-corrected chi connectivity index (χ2v) is 5.34. The van der Waals surface area contributed by atoms with E-state index in [0.29, 0.717) is 0 Å². The summed E-state index contributed by atoms with van der Waals surface area (Å²) in [5.41, 5.74) is 6.38. The van der Waals surface area contributed by atoms with Gasteiger partial charge in [0.05, 0.1) is 6.26 Å². The summed E-state index contributed by atoms with van der Waals surface area (Å²) >= 11 is 0. The molecule has 0 fully saturated rings. The quantitative estimate of drug-likeness (QED) is 0.722. The standard InChI is InChI=1S/C18H17NO/c1-2-4-13(5-3-1)16-12-20-17-7-6-14-8-10-19-11-9-15(14)18(16)17/h1-7,12,19H,8-11H2. The van der Waals surface area contributed by atoms with Gasteiger partial charge in [0.1, 0.15) is 5.58 Å². The minimum Gasteiger partial charge on any atom is -0.464 e. The van der Waals surface area contributed by atoms with E-state index in [4.69, 9.17) is 4.42 Å². The van der Waals surface area contributed by atoms with Crippen LogP contribution in [0.25, 0.3) is 22.1 Å². The van der Waals surface area contributed by atoms with E-state index in [1.807, 2.05) is 6.26 Å². The Morgan fingerprint density at radius 3 is 2.65 bits per heavy atom. The highest BCUT2D eigenvalue weighted by molar-refractivity contribution is 5.97. The van der Waals surface area contributed by atoms with E-state index in [1.54, 1.807) is 0 Å². The van der Waals surface area contributed by atoms with E-state index in [-0.39, 0.29) is 0 Å². The molecule has 0 radical (unpaired) electrons. The zero-order chi connectivity index (χ0) is 13.4. The van der Waals surface area contributed by atoms with Crippen LogP contribution in [0.15, 0.2) is 53.1 Å². The largest absolute Gasteiger partial charge is 0.464 e. The third kappa shape index (κ3) is 1.84. The van der Waals surface area contributed by atoms with Gasteiger partial charge in [0, 0.05) is 10.9 Å². The molecule has 0 saturated heterocycles. The van der Waals surface area contributed by atoms with Crippen molar-refractivity contribution in [3.05, 3.63) is 59.9 Å². The minimum atomic E-state index is 1.00. The SMILES string of the molecule is c1ccc(-c2coc3ccc4c(c23)CCNCC4)cc1. The Labute approximate surface area is 118 Å². The van der Waals surface area contributed by atoms with Crippen LogP contribution >= 0.6 is 0 Å². The van der Waals surface area contributed by atoms with Crippen LogP contribution in [0, 0.1) is 0 Å². The highest BCUT2D eigenvalue weighted by Gasteiger charge is 2.16. The van der Waals surface area contributed by atoms with Crippen molar-refractivity contribution in [2.45, 2.75) is 12.8 Å². The number of hydrogen-bond donors (Lipinski definition) is 1. The normalized spacial score (nSPS) is 15.0. The maximum absolute atomic E-state index is 5.79. The van der Waals surface area contributed by atoms with Gasteiger partial charge in [0.2, 0.25) is 0 Å². The summed E-state index contributed by atoms with van der Waals surface area (Å²) in [5, 5.41) is 4.78. The Balaban J connectivity index is 1.99.